The summed E-state index contributed by atoms with van der Waals surface area (Å²) in [5, 5.41) is 9.74. The predicted molar refractivity (Wildman–Crippen MR) is 106 cm³/mol. The van der Waals surface area contributed by atoms with Gasteiger partial charge in [-0.25, -0.2) is 18.2 Å². The van der Waals surface area contributed by atoms with Crippen LogP contribution in [0.3, 0.4) is 0 Å². The number of nitrogens with zero attached hydrogens (tertiary/aromatic N) is 2. The van der Waals surface area contributed by atoms with Crippen LogP contribution in [-0.4, -0.2) is 18.2 Å². The van der Waals surface area contributed by atoms with E-state index in [4.69, 9.17) is 8.42 Å². The number of halogens is 3. The molecule has 0 aliphatic carbocycles. The van der Waals surface area contributed by atoms with Gasteiger partial charge in [-0.05, 0) is 29.0 Å². The van der Waals surface area contributed by atoms with Gasteiger partial charge in [0, 0.05) is 5.56 Å². The molecule has 0 fully saturated rings. The van der Waals surface area contributed by atoms with Crippen molar-refractivity contribution in [2.75, 3.05) is 0 Å². The van der Waals surface area contributed by atoms with E-state index in [1.165, 1.54) is 4.68 Å². The molecule has 0 aliphatic heterocycles. The standard InChI is InChI=1S/C20H13F3N2.H3NO2S/c21-20(22,23)19-13-18(25(24-19)15-9-2-1-3-10-15)17-12-6-8-14-7-4-5-11-16(14)17;1-4(2)3/h1-13H;4H,(H2,1,2,3). The molecule has 0 atom stereocenters. The lowest BCUT2D eigenvalue weighted by atomic mass is 10.0. The molecule has 0 saturated heterocycles. The largest absolute Gasteiger partial charge is 0.435 e. The highest BCUT2D eigenvalue weighted by molar-refractivity contribution is 7.69. The number of fused-ring (bicyclic) bond motifs is 1. The van der Waals surface area contributed by atoms with Gasteiger partial charge in [0.15, 0.2) is 16.6 Å². The van der Waals surface area contributed by atoms with E-state index >= 15 is 0 Å². The van der Waals surface area contributed by atoms with Crippen LogP contribution < -0.4 is 5.14 Å². The normalized spacial score (nSPS) is 11.3. The minimum absolute atomic E-state index is 0.412. The second-order valence-corrected chi connectivity index (χ2v) is 6.54. The topological polar surface area (TPSA) is 78.0 Å². The second kappa shape index (κ2) is 8.46. The number of para-hydroxylation sites is 1. The SMILES string of the molecule is FC(F)(F)c1cc(-c2cccc3ccccc23)n(-c2ccccc2)n1.N[SH](=O)=O. The molecule has 1 heterocycles. The Bertz CT molecular complexity index is 1190. The van der Waals surface area contributed by atoms with Crippen LogP contribution in [0.4, 0.5) is 13.2 Å². The van der Waals surface area contributed by atoms with Gasteiger partial charge in [0.05, 0.1) is 11.4 Å². The van der Waals surface area contributed by atoms with Crippen LogP contribution in [0.15, 0.2) is 78.9 Å². The van der Waals surface area contributed by atoms with Crippen LogP contribution in [0.5, 0.6) is 0 Å². The third-order valence-electron chi connectivity index (χ3n) is 4.07. The lowest BCUT2D eigenvalue weighted by Crippen LogP contribution is -2.07. The summed E-state index contributed by atoms with van der Waals surface area (Å²) in [5.74, 6) is 0. The first-order chi connectivity index (χ1) is 13.8. The van der Waals surface area contributed by atoms with Gasteiger partial charge in [0.25, 0.3) is 0 Å². The molecule has 4 aromatic rings. The van der Waals surface area contributed by atoms with Crippen LogP contribution in [0.25, 0.3) is 27.7 Å². The van der Waals surface area contributed by atoms with Crippen LogP contribution in [0.1, 0.15) is 5.69 Å². The molecule has 9 heteroatoms. The van der Waals surface area contributed by atoms with Crippen LogP contribution in [-0.2, 0) is 17.1 Å². The van der Waals surface area contributed by atoms with E-state index < -0.39 is 22.8 Å². The quantitative estimate of drug-likeness (QED) is 0.479. The van der Waals surface area contributed by atoms with Gasteiger partial charge in [-0.2, -0.15) is 18.3 Å². The molecule has 0 spiro atoms. The molecule has 2 N–H and O–H groups in total. The van der Waals surface area contributed by atoms with Crippen LogP contribution in [0.2, 0.25) is 0 Å². The van der Waals surface area contributed by atoms with Gasteiger partial charge in [0.2, 0.25) is 0 Å². The maximum atomic E-state index is 13.3. The number of rotatable bonds is 2. The van der Waals surface area contributed by atoms with Gasteiger partial charge in [0.1, 0.15) is 0 Å². The van der Waals surface area contributed by atoms with Crippen molar-refractivity contribution in [3.05, 3.63) is 84.6 Å². The summed E-state index contributed by atoms with van der Waals surface area (Å²) in [6.07, 6.45) is -4.50. The van der Waals surface area contributed by atoms with Crippen LogP contribution >= 0.6 is 0 Å². The van der Waals surface area contributed by atoms with Crippen LogP contribution in [0, 0.1) is 0 Å². The molecule has 3 aromatic carbocycles. The summed E-state index contributed by atoms with van der Waals surface area (Å²) in [6.45, 7) is 0. The summed E-state index contributed by atoms with van der Waals surface area (Å²) in [6, 6.07) is 23.2. The van der Waals surface area contributed by atoms with E-state index in [1.54, 1.807) is 24.3 Å². The van der Waals surface area contributed by atoms with Gasteiger partial charge in [-0.1, -0.05) is 60.7 Å². The first-order valence-corrected chi connectivity index (χ1v) is 9.62. The molecule has 0 amide bonds. The Hall–Kier alpha value is -3.17. The summed E-state index contributed by atoms with van der Waals surface area (Å²) in [5.41, 5.74) is 0.806. The maximum absolute atomic E-state index is 13.3. The fourth-order valence-corrected chi connectivity index (χ4v) is 2.93. The molecule has 29 heavy (non-hydrogen) atoms. The summed E-state index contributed by atoms with van der Waals surface area (Å²) >= 11 is 0. The zero-order valence-corrected chi connectivity index (χ0v) is 15.8. The first-order valence-electron chi connectivity index (χ1n) is 8.37. The predicted octanol–water partition coefficient (Wildman–Crippen LogP) is 4.18. The summed E-state index contributed by atoms with van der Waals surface area (Å²) < 4.78 is 58.7. The smallest absolute Gasteiger partial charge is 0.232 e. The van der Waals surface area contributed by atoms with Crippen molar-refractivity contribution < 1.29 is 21.6 Å². The lowest BCUT2D eigenvalue weighted by molar-refractivity contribution is -0.141. The molecular weight excluding hydrogens is 403 g/mol. The zero-order chi connectivity index (χ0) is 21.0. The Morgan fingerprint density at radius 3 is 2.10 bits per heavy atom. The molecule has 0 bridgehead atoms. The molecule has 1 aromatic heterocycles. The van der Waals surface area contributed by atoms with Gasteiger partial charge >= 0.3 is 6.18 Å². The van der Waals surface area contributed by atoms with Crippen molar-refractivity contribution in [1.29, 1.82) is 0 Å². The monoisotopic (exact) mass is 419 g/mol. The number of alkyl halides is 3. The molecule has 0 saturated carbocycles. The molecular formula is C20H16F3N3O2S. The molecule has 5 nitrogen and oxygen atoms in total. The van der Waals surface area contributed by atoms with E-state index in [1.807, 2.05) is 48.5 Å². The van der Waals surface area contributed by atoms with Crippen molar-refractivity contribution in [2.24, 2.45) is 5.14 Å². The van der Waals surface area contributed by atoms with E-state index in [2.05, 4.69) is 10.2 Å². The number of hydrogen-bond donors (Lipinski definition) is 2. The highest BCUT2D eigenvalue weighted by Crippen LogP contribution is 2.35. The Morgan fingerprint density at radius 2 is 1.45 bits per heavy atom. The van der Waals surface area contributed by atoms with E-state index in [0.717, 1.165) is 16.8 Å². The number of aromatic nitrogens is 2. The Morgan fingerprint density at radius 1 is 0.862 bits per heavy atom. The third kappa shape index (κ3) is 4.82. The Balaban J connectivity index is 0.000000552. The summed E-state index contributed by atoms with van der Waals surface area (Å²) in [7, 11) is -2.62. The number of hydrogen-bond acceptors (Lipinski definition) is 3. The Kier molecular flexibility index (Phi) is 6.00. The average molecular weight is 419 g/mol. The van der Waals surface area contributed by atoms with Crippen molar-refractivity contribution in [3.8, 4) is 16.9 Å². The van der Waals surface area contributed by atoms with Gasteiger partial charge in [-0.3, -0.25) is 0 Å². The fraction of sp³-hybridized carbons (Fsp3) is 0.0500. The summed E-state index contributed by atoms with van der Waals surface area (Å²) in [4.78, 5) is 0. The molecule has 0 radical (unpaired) electrons. The second-order valence-electron chi connectivity index (χ2n) is 5.97. The van der Waals surface area contributed by atoms with Crippen molar-refractivity contribution in [3.63, 3.8) is 0 Å². The third-order valence-corrected chi connectivity index (χ3v) is 4.07. The van der Waals surface area contributed by atoms with Crippen molar-refractivity contribution in [1.82, 2.24) is 9.78 Å². The molecule has 0 aliphatic rings. The van der Waals surface area contributed by atoms with E-state index in [9.17, 15) is 13.2 Å². The average Bonchev–Trinajstić information content (AvgIpc) is 3.13. The molecule has 4 rings (SSSR count). The highest BCUT2D eigenvalue weighted by Gasteiger charge is 2.35. The molecule has 150 valence electrons. The van der Waals surface area contributed by atoms with Crippen molar-refractivity contribution >= 4 is 21.7 Å². The fourth-order valence-electron chi connectivity index (χ4n) is 2.93. The maximum Gasteiger partial charge on any atom is 0.435 e. The minimum atomic E-state index is -4.50. The van der Waals surface area contributed by atoms with Gasteiger partial charge in [-0.15, -0.1) is 0 Å². The van der Waals surface area contributed by atoms with E-state index in [-0.39, 0.29) is 0 Å². The lowest BCUT2D eigenvalue weighted by Gasteiger charge is -2.10. The minimum Gasteiger partial charge on any atom is -0.232 e. The van der Waals surface area contributed by atoms with Gasteiger partial charge < -0.3 is 0 Å². The highest BCUT2D eigenvalue weighted by atomic mass is 32.2. The van der Waals surface area contributed by atoms with Crippen molar-refractivity contribution in [2.45, 2.75) is 6.18 Å². The number of nitrogens with two attached hydrogens (primary N) is 1. The number of thiol groups is 1. The van der Waals surface area contributed by atoms with E-state index in [0.29, 0.717) is 16.9 Å². The zero-order valence-electron chi connectivity index (χ0n) is 14.9. The molecule has 0 unspecified atom stereocenters. The number of benzene rings is 3. The first kappa shape index (κ1) is 20.6. The Labute approximate surface area is 166 Å².